The van der Waals surface area contributed by atoms with Gasteiger partial charge in [-0.05, 0) is 6.42 Å². The summed E-state index contributed by atoms with van der Waals surface area (Å²) in [4.78, 5) is 59.1. The zero-order valence-corrected chi connectivity index (χ0v) is 14.0. The Morgan fingerprint density at radius 3 is 2.58 bits per heavy atom. The zero-order valence-electron chi connectivity index (χ0n) is 14.0. The standard InChI is InChI=1S/C14H20N6O6/c1-6(21)18-8(2-10(23)24)11(25)17-4-9(22)19-14-3-7(14)5-20(12(14)26)13(15)16/h7-8H,2-5H2,1H3,(H3,15,16)(H,17,25)(H,18,21)(H,19,22)(H,23,24)/t7?,8-,14?/m0/s1. The molecule has 0 aromatic heterocycles. The molecule has 1 aliphatic heterocycles. The first kappa shape index (κ1) is 19.1. The van der Waals surface area contributed by atoms with E-state index in [1.165, 1.54) is 0 Å². The lowest BCUT2D eigenvalue weighted by Gasteiger charge is -2.20. The monoisotopic (exact) mass is 368 g/mol. The maximum absolute atomic E-state index is 12.2. The van der Waals surface area contributed by atoms with Crippen LogP contribution in [0.4, 0.5) is 0 Å². The summed E-state index contributed by atoms with van der Waals surface area (Å²) in [5.74, 6) is -4.34. The number of fused-ring (bicyclic) bond motifs is 1. The van der Waals surface area contributed by atoms with Crippen LogP contribution in [0.25, 0.3) is 0 Å². The molecule has 0 aromatic rings. The minimum atomic E-state index is -1.31. The van der Waals surface area contributed by atoms with Crippen LogP contribution in [0, 0.1) is 11.3 Å². The van der Waals surface area contributed by atoms with Gasteiger partial charge in [0.05, 0.1) is 13.0 Å². The number of guanidine groups is 1. The maximum atomic E-state index is 12.2. The number of rotatable bonds is 7. The van der Waals surface area contributed by atoms with Gasteiger partial charge in [0.25, 0.3) is 5.91 Å². The predicted octanol–water partition coefficient (Wildman–Crippen LogP) is -3.31. The van der Waals surface area contributed by atoms with Crippen LogP contribution in [-0.4, -0.2) is 70.2 Å². The van der Waals surface area contributed by atoms with Crippen LogP contribution < -0.4 is 21.7 Å². The van der Waals surface area contributed by atoms with Crippen LogP contribution >= 0.6 is 0 Å². The number of carboxylic acid groups (broad SMARTS) is 1. The Balaban J connectivity index is 1.87. The van der Waals surface area contributed by atoms with Gasteiger partial charge in [-0.1, -0.05) is 0 Å². The number of aliphatic carboxylic acids is 1. The van der Waals surface area contributed by atoms with Gasteiger partial charge in [-0.2, -0.15) is 0 Å². The normalized spacial score (nSPS) is 24.3. The molecule has 1 saturated heterocycles. The van der Waals surface area contributed by atoms with Gasteiger partial charge in [0.2, 0.25) is 17.7 Å². The number of nitrogens with two attached hydrogens (primary N) is 1. The largest absolute Gasteiger partial charge is 0.481 e. The summed E-state index contributed by atoms with van der Waals surface area (Å²) >= 11 is 0. The molecule has 12 nitrogen and oxygen atoms in total. The second-order valence-corrected chi connectivity index (χ2v) is 6.29. The highest BCUT2D eigenvalue weighted by molar-refractivity contribution is 6.06. The minimum Gasteiger partial charge on any atom is -0.481 e. The number of hydrogen-bond acceptors (Lipinski definition) is 6. The van der Waals surface area contributed by atoms with E-state index in [2.05, 4.69) is 16.0 Å². The second-order valence-electron chi connectivity index (χ2n) is 6.29. The molecule has 1 aliphatic carbocycles. The molecule has 2 unspecified atom stereocenters. The minimum absolute atomic E-state index is 0.141. The van der Waals surface area contributed by atoms with Crippen molar-refractivity contribution in [3.8, 4) is 0 Å². The van der Waals surface area contributed by atoms with E-state index in [0.717, 1.165) is 11.8 Å². The summed E-state index contributed by atoms with van der Waals surface area (Å²) in [6, 6.07) is -1.31. The van der Waals surface area contributed by atoms with Crippen LogP contribution in [0.3, 0.4) is 0 Å². The highest BCUT2D eigenvalue weighted by Crippen LogP contribution is 2.50. The molecule has 1 heterocycles. The van der Waals surface area contributed by atoms with E-state index in [0.29, 0.717) is 6.42 Å². The number of nitrogens with one attached hydrogen (secondary N) is 4. The molecule has 4 amide bonds. The number of likely N-dealkylation sites (tertiary alicyclic amines) is 1. The van der Waals surface area contributed by atoms with E-state index in [-0.39, 0.29) is 12.5 Å². The Kier molecular flexibility index (Phi) is 5.14. The van der Waals surface area contributed by atoms with Gasteiger partial charge >= 0.3 is 5.97 Å². The van der Waals surface area contributed by atoms with E-state index in [1.807, 2.05) is 0 Å². The average Bonchev–Trinajstić information content (AvgIpc) is 3.14. The van der Waals surface area contributed by atoms with Crippen molar-refractivity contribution in [3.63, 3.8) is 0 Å². The third-order valence-electron chi connectivity index (χ3n) is 4.28. The van der Waals surface area contributed by atoms with Gasteiger partial charge in [0, 0.05) is 19.4 Å². The summed E-state index contributed by atoms with van der Waals surface area (Å²) in [7, 11) is 0. The van der Waals surface area contributed by atoms with Crippen molar-refractivity contribution in [2.24, 2.45) is 11.7 Å². The van der Waals surface area contributed by atoms with Gasteiger partial charge in [0.1, 0.15) is 11.6 Å². The Morgan fingerprint density at radius 2 is 2.08 bits per heavy atom. The van der Waals surface area contributed by atoms with Gasteiger partial charge in [-0.15, -0.1) is 0 Å². The highest BCUT2D eigenvalue weighted by Gasteiger charge is 2.68. The molecule has 0 radical (unpaired) electrons. The first-order valence-corrected chi connectivity index (χ1v) is 7.80. The van der Waals surface area contributed by atoms with E-state index in [1.54, 1.807) is 0 Å². The fourth-order valence-electron chi connectivity index (χ4n) is 2.98. The quantitative estimate of drug-likeness (QED) is 0.200. The molecule has 1 saturated carbocycles. The predicted molar refractivity (Wildman–Crippen MR) is 85.5 cm³/mol. The van der Waals surface area contributed by atoms with Crippen molar-refractivity contribution in [1.82, 2.24) is 20.9 Å². The maximum Gasteiger partial charge on any atom is 0.305 e. The number of nitrogens with zero attached hydrogens (tertiary/aromatic N) is 1. The average molecular weight is 368 g/mol. The van der Waals surface area contributed by atoms with Crippen LogP contribution in [0.15, 0.2) is 0 Å². The second kappa shape index (κ2) is 6.98. The van der Waals surface area contributed by atoms with Crippen LogP contribution in [-0.2, 0) is 24.0 Å². The Morgan fingerprint density at radius 1 is 1.42 bits per heavy atom. The highest BCUT2D eigenvalue weighted by atomic mass is 16.4. The van der Waals surface area contributed by atoms with Crippen molar-refractivity contribution in [1.29, 1.82) is 5.41 Å². The molecule has 12 heteroatoms. The molecule has 26 heavy (non-hydrogen) atoms. The van der Waals surface area contributed by atoms with Crippen molar-refractivity contribution in [3.05, 3.63) is 0 Å². The van der Waals surface area contributed by atoms with Gasteiger partial charge in [0.15, 0.2) is 5.96 Å². The van der Waals surface area contributed by atoms with E-state index in [9.17, 15) is 24.0 Å². The first-order valence-electron chi connectivity index (χ1n) is 7.80. The number of carboxylic acids is 1. The Labute approximate surface area is 148 Å². The molecular weight excluding hydrogens is 348 g/mol. The van der Waals surface area contributed by atoms with Crippen molar-refractivity contribution < 1.29 is 29.1 Å². The Bertz CT molecular complexity index is 677. The Hall–Kier alpha value is -3.18. The van der Waals surface area contributed by atoms with Gasteiger partial charge < -0.3 is 26.8 Å². The van der Waals surface area contributed by atoms with Crippen LogP contribution in [0.2, 0.25) is 0 Å². The van der Waals surface area contributed by atoms with Crippen molar-refractivity contribution in [2.75, 3.05) is 13.1 Å². The van der Waals surface area contributed by atoms with E-state index < -0.39 is 60.1 Å². The fraction of sp³-hybridized carbons (Fsp3) is 0.571. The number of hydrogen-bond donors (Lipinski definition) is 6. The summed E-state index contributed by atoms with van der Waals surface area (Å²) in [5.41, 5.74) is 4.22. The summed E-state index contributed by atoms with van der Waals surface area (Å²) < 4.78 is 0. The lowest BCUT2D eigenvalue weighted by atomic mass is 10.2. The van der Waals surface area contributed by atoms with E-state index in [4.69, 9.17) is 16.2 Å². The molecule has 7 N–H and O–H groups in total. The number of piperidine rings is 1. The lowest BCUT2D eigenvalue weighted by molar-refractivity contribution is -0.140. The first-order chi connectivity index (χ1) is 12.1. The number of amides is 4. The zero-order chi connectivity index (χ0) is 19.6. The molecule has 2 aliphatic rings. The molecule has 0 bridgehead atoms. The molecule has 2 rings (SSSR count). The van der Waals surface area contributed by atoms with Gasteiger partial charge in [-0.25, -0.2) is 0 Å². The SMILES string of the molecule is CC(=O)N[C@@H](CC(=O)O)C(=O)NCC(=O)NC12CC1CN(C(=N)N)C2=O. The summed E-state index contributed by atoms with van der Waals surface area (Å²) in [6.45, 7) is 0.897. The number of carbonyl (C=O) groups excluding carboxylic acids is 4. The molecule has 0 spiro atoms. The van der Waals surface area contributed by atoms with Crippen molar-refractivity contribution >= 4 is 35.6 Å². The topological polar surface area (TPSA) is 195 Å². The van der Waals surface area contributed by atoms with Crippen LogP contribution in [0.5, 0.6) is 0 Å². The summed E-state index contributed by atoms with van der Waals surface area (Å²) in [6.07, 6.45) is -0.200. The summed E-state index contributed by atoms with van der Waals surface area (Å²) in [5, 5.41) is 23.1. The number of carbonyl (C=O) groups is 5. The fourth-order valence-corrected chi connectivity index (χ4v) is 2.98. The van der Waals surface area contributed by atoms with Gasteiger partial charge in [-0.3, -0.25) is 34.3 Å². The molecular formula is C14H20N6O6. The molecule has 142 valence electrons. The molecule has 2 fully saturated rings. The molecule has 0 aromatic carbocycles. The third-order valence-corrected chi connectivity index (χ3v) is 4.28. The van der Waals surface area contributed by atoms with Crippen LogP contribution in [0.1, 0.15) is 19.8 Å². The van der Waals surface area contributed by atoms with E-state index >= 15 is 0 Å². The van der Waals surface area contributed by atoms with Crippen molar-refractivity contribution in [2.45, 2.75) is 31.3 Å². The smallest absolute Gasteiger partial charge is 0.305 e. The third kappa shape index (κ3) is 3.90. The lowest BCUT2D eigenvalue weighted by Crippen LogP contribution is -2.53. The molecule has 3 atom stereocenters.